The fourth-order valence-corrected chi connectivity index (χ4v) is 1.97. The lowest BCUT2D eigenvalue weighted by Gasteiger charge is -2.15. The Morgan fingerprint density at radius 2 is 2.20 bits per heavy atom. The van der Waals surface area contributed by atoms with E-state index in [1.807, 2.05) is 39.0 Å². The first-order valence-electron chi connectivity index (χ1n) is 6.55. The van der Waals surface area contributed by atoms with Gasteiger partial charge in [-0.25, -0.2) is 4.68 Å². The van der Waals surface area contributed by atoms with Crippen molar-refractivity contribution in [2.75, 3.05) is 5.32 Å². The van der Waals surface area contributed by atoms with Crippen LogP contribution in [0.5, 0.6) is 5.75 Å². The van der Waals surface area contributed by atoms with Gasteiger partial charge in [0.15, 0.2) is 0 Å². The van der Waals surface area contributed by atoms with E-state index in [0.29, 0.717) is 24.1 Å². The maximum atomic E-state index is 6.04. The second-order valence-electron chi connectivity index (χ2n) is 4.59. The van der Waals surface area contributed by atoms with Crippen LogP contribution >= 0.6 is 11.6 Å². The molecule has 0 radical (unpaired) electrons. The van der Waals surface area contributed by atoms with Crippen molar-refractivity contribution in [3.8, 4) is 5.75 Å². The van der Waals surface area contributed by atoms with Crippen molar-refractivity contribution in [1.29, 1.82) is 0 Å². The lowest BCUT2D eigenvalue weighted by Crippen LogP contribution is -2.11. The summed E-state index contributed by atoms with van der Waals surface area (Å²) in [6.45, 7) is 7.21. The third-order valence-corrected chi connectivity index (χ3v) is 2.89. The van der Waals surface area contributed by atoms with E-state index in [4.69, 9.17) is 16.3 Å². The first-order chi connectivity index (χ1) is 9.60. The third-order valence-electron chi connectivity index (χ3n) is 2.65. The van der Waals surface area contributed by atoms with Crippen LogP contribution < -0.4 is 10.1 Å². The molecule has 1 N–H and O–H groups in total. The van der Waals surface area contributed by atoms with Gasteiger partial charge in [0.25, 0.3) is 0 Å². The molecule has 0 amide bonds. The van der Waals surface area contributed by atoms with Gasteiger partial charge in [-0.2, -0.15) is 0 Å². The zero-order chi connectivity index (χ0) is 14.5. The SMILES string of the molecule is CCn1nnnc1NCc1cc(Cl)ccc1OC(C)C. The van der Waals surface area contributed by atoms with E-state index in [9.17, 15) is 0 Å². The number of nitrogens with one attached hydrogen (secondary N) is 1. The lowest BCUT2D eigenvalue weighted by molar-refractivity contribution is 0.240. The molecule has 1 aromatic carbocycles. The molecule has 0 aliphatic rings. The third kappa shape index (κ3) is 3.60. The Hall–Kier alpha value is -1.82. The molecule has 2 aromatic rings. The van der Waals surface area contributed by atoms with Crippen molar-refractivity contribution in [2.24, 2.45) is 0 Å². The van der Waals surface area contributed by atoms with E-state index in [1.54, 1.807) is 4.68 Å². The van der Waals surface area contributed by atoms with E-state index < -0.39 is 0 Å². The van der Waals surface area contributed by atoms with Crippen LogP contribution in [-0.2, 0) is 13.1 Å². The van der Waals surface area contributed by atoms with E-state index in [0.717, 1.165) is 11.3 Å². The van der Waals surface area contributed by atoms with Gasteiger partial charge in [0.2, 0.25) is 5.95 Å². The molecule has 0 aliphatic heterocycles. The zero-order valence-corrected chi connectivity index (χ0v) is 12.6. The van der Waals surface area contributed by atoms with Crippen LogP contribution in [0.15, 0.2) is 18.2 Å². The van der Waals surface area contributed by atoms with Gasteiger partial charge < -0.3 is 10.1 Å². The van der Waals surface area contributed by atoms with E-state index >= 15 is 0 Å². The number of nitrogens with zero attached hydrogens (tertiary/aromatic N) is 4. The molecule has 0 atom stereocenters. The molecular weight excluding hydrogens is 278 g/mol. The van der Waals surface area contributed by atoms with E-state index in [2.05, 4.69) is 20.8 Å². The highest BCUT2D eigenvalue weighted by atomic mass is 35.5. The molecule has 1 aromatic heterocycles. The molecule has 1 heterocycles. The summed E-state index contributed by atoms with van der Waals surface area (Å²) in [5.41, 5.74) is 0.969. The Morgan fingerprint density at radius 1 is 1.40 bits per heavy atom. The summed E-state index contributed by atoms with van der Waals surface area (Å²) in [5.74, 6) is 1.44. The minimum Gasteiger partial charge on any atom is -0.491 e. The molecule has 0 aliphatic carbocycles. The van der Waals surface area contributed by atoms with Crippen LogP contribution in [0.25, 0.3) is 0 Å². The zero-order valence-electron chi connectivity index (χ0n) is 11.8. The Morgan fingerprint density at radius 3 is 2.90 bits per heavy atom. The van der Waals surface area contributed by atoms with Crippen molar-refractivity contribution in [1.82, 2.24) is 20.2 Å². The largest absolute Gasteiger partial charge is 0.491 e. The maximum Gasteiger partial charge on any atom is 0.243 e. The van der Waals surface area contributed by atoms with Crippen LogP contribution in [0.2, 0.25) is 5.02 Å². The summed E-state index contributed by atoms with van der Waals surface area (Å²) in [4.78, 5) is 0. The van der Waals surface area contributed by atoms with Gasteiger partial charge in [0.1, 0.15) is 5.75 Å². The summed E-state index contributed by atoms with van der Waals surface area (Å²) >= 11 is 6.04. The average molecular weight is 296 g/mol. The first-order valence-corrected chi connectivity index (χ1v) is 6.93. The standard InChI is InChI=1S/C13H18ClN5O/c1-4-19-13(16-17-18-19)15-8-10-7-11(14)5-6-12(10)20-9(2)3/h5-7,9H,4,8H2,1-3H3,(H,15,16,18). The minimum atomic E-state index is 0.107. The van der Waals surface area contributed by atoms with E-state index in [1.165, 1.54) is 0 Å². The van der Waals surface area contributed by atoms with Crippen molar-refractivity contribution >= 4 is 17.5 Å². The summed E-state index contributed by atoms with van der Waals surface area (Å²) < 4.78 is 7.46. The number of benzene rings is 1. The Bertz CT molecular complexity index is 570. The fraction of sp³-hybridized carbons (Fsp3) is 0.462. The van der Waals surface area contributed by atoms with Gasteiger partial charge in [0.05, 0.1) is 6.10 Å². The van der Waals surface area contributed by atoms with Crippen molar-refractivity contribution < 1.29 is 4.74 Å². The number of halogens is 1. The predicted molar refractivity (Wildman–Crippen MR) is 78.0 cm³/mol. The number of hydrogen-bond acceptors (Lipinski definition) is 5. The van der Waals surface area contributed by atoms with Crippen LogP contribution in [0.1, 0.15) is 26.3 Å². The highest BCUT2D eigenvalue weighted by Crippen LogP contribution is 2.24. The average Bonchev–Trinajstić information content (AvgIpc) is 2.86. The number of aryl methyl sites for hydroxylation is 1. The molecule has 0 saturated carbocycles. The maximum absolute atomic E-state index is 6.04. The normalized spacial score (nSPS) is 10.8. The molecule has 2 rings (SSSR count). The highest BCUT2D eigenvalue weighted by Gasteiger charge is 2.09. The molecule has 7 heteroatoms. The summed E-state index contributed by atoms with van der Waals surface area (Å²) in [7, 11) is 0. The lowest BCUT2D eigenvalue weighted by atomic mass is 10.2. The molecule has 0 spiro atoms. The van der Waals surface area contributed by atoms with Gasteiger partial charge in [0, 0.05) is 23.7 Å². The van der Waals surface area contributed by atoms with Gasteiger partial charge in [-0.1, -0.05) is 16.7 Å². The fourth-order valence-electron chi connectivity index (χ4n) is 1.77. The Balaban J connectivity index is 2.13. The molecule has 20 heavy (non-hydrogen) atoms. The highest BCUT2D eigenvalue weighted by molar-refractivity contribution is 6.30. The molecule has 108 valence electrons. The number of rotatable bonds is 6. The van der Waals surface area contributed by atoms with Gasteiger partial charge in [-0.3, -0.25) is 0 Å². The summed E-state index contributed by atoms with van der Waals surface area (Å²) in [6.07, 6.45) is 0.107. The monoisotopic (exact) mass is 295 g/mol. The van der Waals surface area contributed by atoms with Gasteiger partial charge in [-0.15, -0.1) is 0 Å². The predicted octanol–water partition coefficient (Wildman–Crippen LogP) is 2.75. The molecule has 0 fully saturated rings. The molecule has 0 saturated heterocycles. The van der Waals surface area contributed by atoms with Crippen molar-refractivity contribution in [3.05, 3.63) is 28.8 Å². The van der Waals surface area contributed by atoms with E-state index in [-0.39, 0.29) is 6.10 Å². The smallest absolute Gasteiger partial charge is 0.243 e. The number of aromatic nitrogens is 4. The molecular formula is C13H18ClN5O. The number of ether oxygens (including phenoxy) is 1. The molecule has 0 unspecified atom stereocenters. The second-order valence-corrected chi connectivity index (χ2v) is 5.03. The van der Waals surface area contributed by atoms with Crippen LogP contribution in [0, 0.1) is 0 Å². The molecule has 6 nitrogen and oxygen atoms in total. The number of hydrogen-bond donors (Lipinski definition) is 1. The van der Waals surface area contributed by atoms with Gasteiger partial charge >= 0.3 is 0 Å². The molecule has 0 bridgehead atoms. The van der Waals surface area contributed by atoms with Crippen molar-refractivity contribution in [2.45, 2.75) is 40.0 Å². The summed E-state index contributed by atoms with van der Waals surface area (Å²) in [5, 5.41) is 15.3. The van der Waals surface area contributed by atoms with Gasteiger partial charge in [-0.05, 0) is 49.4 Å². The summed E-state index contributed by atoms with van der Waals surface area (Å²) in [6, 6.07) is 5.58. The van der Waals surface area contributed by atoms with Crippen LogP contribution in [-0.4, -0.2) is 26.3 Å². The first kappa shape index (κ1) is 14.6. The Kier molecular flexibility index (Phi) is 4.79. The number of anilines is 1. The van der Waals surface area contributed by atoms with Crippen molar-refractivity contribution in [3.63, 3.8) is 0 Å². The van der Waals surface area contributed by atoms with Crippen LogP contribution in [0.4, 0.5) is 5.95 Å². The number of tetrazole rings is 1. The Labute approximate surface area is 123 Å². The minimum absolute atomic E-state index is 0.107. The second kappa shape index (κ2) is 6.56. The topological polar surface area (TPSA) is 64.9 Å². The van der Waals surface area contributed by atoms with Crippen LogP contribution in [0.3, 0.4) is 0 Å². The quantitative estimate of drug-likeness (QED) is 0.887.